The smallest absolute Gasteiger partial charge is 0.257 e. The molecule has 0 spiro atoms. The largest absolute Gasteiger partial charge is 0.385 e. The fourth-order valence-corrected chi connectivity index (χ4v) is 1.38. The zero-order valence-electron chi connectivity index (χ0n) is 9.94. The van der Waals surface area contributed by atoms with Crippen molar-refractivity contribution < 1.29 is 14.3 Å². The minimum atomic E-state index is -0.345. The maximum atomic E-state index is 11.6. The fourth-order valence-electron chi connectivity index (χ4n) is 1.38. The van der Waals surface area contributed by atoms with Crippen molar-refractivity contribution in [3.63, 3.8) is 0 Å². The normalized spacial score (nSPS) is 9.94. The van der Waals surface area contributed by atoms with Crippen LogP contribution in [0.25, 0.3) is 0 Å². The standard InChI is InChI=1S/C13H17NO3/c1-17-10-6-5-9-12(15)14-13(16)11-7-3-2-4-8-11/h2-4,7-8H,5-6,9-10H2,1H3,(H,14,15,16). The Bertz CT molecular complexity index is 362. The molecule has 0 heterocycles. The molecule has 0 unspecified atom stereocenters. The summed E-state index contributed by atoms with van der Waals surface area (Å²) in [5.74, 6) is -0.586. The number of hydrogen-bond acceptors (Lipinski definition) is 3. The van der Waals surface area contributed by atoms with Gasteiger partial charge in [0.2, 0.25) is 5.91 Å². The van der Waals surface area contributed by atoms with Gasteiger partial charge in [-0.2, -0.15) is 0 Å². The summed E-state index contributed by atoms with van der Waals surface area (Å²) in [5, 5.41) is 2.35. The Morgan fingerprint density at radius 2 is 1.88 bits per heavy atom. The van der Waals surface area contributed by atoms with Crippen molar-refractivity contribution in [1.29, 1.82) is 0 Å². The summed E-state index contributed by atoms with van der Waals surface area (Å²) in [7, 11) is 1.62. The van der Waals surface area contributed by atoms with Crippen LogP contribution in [0, 0.1) is 0 Å². The second-order valence-electron chi connectivity index (χ2n) is 3.69. The van der Waals surface area contributed by atoms with E-state index in [1.165, 1.54) is 0 Å². The van der Waals surface area contributed by atoms with Gasteiger partial charge in [0.15, 0.2) is 0 Å². The predicted molar refractivity (Wildman–Crippen MR) is 64.6 cm³/mol. The molecule has 0 atom stereocenters. The first-order valence-corrected chi connectivity index (χ1v) is 5.62. The summed E-state index contributed by atoms with van der Waals surface area (Å²) in [6.45, 7) is 0.639. The van der Waals surface area contributed by atoms with E-state index in [4.69, 9.17) is 4.74 Å². The summed E-state index contributed by atoms with van der Waals surface area (Å²) >= 11 is 0. The lowest BCUT2D eigenvalue weighted by molar-refractivity contribution is -0.120. The number of benzene rings is 1. The van der Waals surface area contributed by atoms with Gasteiger partial charge in [-0.15, -0.1) is 0 Å². The third kappa shape index (κ3) is 5.26. The molecule has 1 rings (SSSR count). The molecule has 0 radical (unpaired) electrons. The molecule has 17 heavy (non-hydrogen) atoms. The quantitative estimate of drug-likeness (QED) is 0.764. The highest BCUT2D eigenvalue weighted by atomic mass is 16.5. The van der Waals surface area contributed by atoms with Crippen LogP contribution >= 0.6 is 0 Å². The molecule has 4 nitrogen and oxygen atoms in total. The summed E-state index contributed by atoms with van der Waals surface area (Å²) in [6, 6.07) is 8.69. The molecular formula is C13H17NO3. The highest BCUT2D eigenvalue weighted by molar-refractivity contribution is 6.04. The molecule has 0 bridgehead atoms. The third-order valence-corrected chi connectivity index (χ3v) is 2.29. The topological polar surface area (TPSA) is 55.4 Å². The third-order valence-electron chi connectivity index (χ3n) is 2.29. The van der Waals surface area contributed by atoms with Crippen LogP contribution in [-0.4, -0.2) is 25.5 Å². The highest BCUT2D eigenvalue weighted by Crippen LogP contribution is 1.99. The van der Waals surface area contributed by atoms with Crippen LogP contribution in [-0.2, 0) is 9.53 Å². The van der Waals surface area contributed by atoms with Crippen molar-refractivity contribution in [2.45, 2.75) is 19.3 Å². The lowest BCUT2D eigenvalue weighted by Gasteiger charge is -2.03. The van der Waals surface area contributed by atoms with Gasteiger partial charge in [-0.1, -0.05) is 18.2 Å². The van der Waals surface area contributed by atoms with Gasteiger partial charge in [-0.05, 0) is 25.0 Å². The number of ether oxygens (including phenoxy) is 1. The Morgan fingerprint density at radius 1 is 1.18 bits per heavy atom. The van der Waals surface area contributed by atoms with Crippen LogP contribution in [0.15, 0.2) is 30.3 Å². The number of imide groups is 1. The van der Waals surface area contributed by atoms with Crippen LogP contribution in [0.3, 0.4) is 0 Å². The highest BCUT2D eigenvalue weighted by Gasteiger charge is 2.08. The molecule has 0 aliphatic rings. The van der Waals surface area contributed by atoms with Gasteiger partial charge in [0.05, 0.1) is 0 Å². The molecule has 1 aromatic rings. The molecule has 4 heteroatoms. The average molecular weight is 235 g/mol. The minimum absolute atomic E-state index is 0.241. The van der Waals surface area contributed by atoms with Crippen molar-refractivity contribution in [3.05, 3.63) is 35.9 Å². The maximum absolute atomic E-state index is 11.6. The van der Waals surface area contributed by atoms with E-state index < -0.39 is 0 Å². The number of carbonyl (C=O) groups is 2. The van der Waals surface area contributed by atoms with Crippen LogP contribution in [0.5, 0.6) is 0 Å². The Kier molecular flexibility index (Phi) is 5.96. The molecule has 0 fully saturated rings. The van der Waals surface area contributed by atoms with E-state index in [0.717, 1.165) is 12.8 Å². The second kappa shape index (κ2) is 7.57. The molecule has 1 aromatic carbocycles. The summed E-state index contributed by atoms with van der Waals surface area (Å²) in [6.07, 6.45) is 1.90. The first kappa shape index (κ1) is 13.4. The zero-order valence-corrected chi connectivity index (χ0v) is 9.94. The zero-order chi connectivity index (χ0) is 12.5. The molecule has 0 saturated heterocycles. The van der Waals surface area contributed by atoms with E-state index in [1.54, 1.807) is 31.4 Å². The summed E-state index contributed by atoms with van der Waals surface area (Å²) in [4.78, 5) is 23.0. The SMILES string of the molecule is COCCCCC(=O)NC(=O)c1ccccc1. The monoisotopic (exact) mass is 235 g/mol. The number of nitrogens with one attached hydrogen (secondary N) is 1. The van der Waals surface area contributed by atoms with Gasteiger partial charge >= 0.3 is 0 Å². The molecule has 0 aliphatic heterocycles. The summed E-state index contributed by atoms with van der Waals surface area (Å²) < 4.78 is 4.88. The molecular weight excluding hydrogens is 218 g/mol. The number of carbonyl (C=O) groups excluding carboxylic acids is 2. The van der Waals surface area contributed by atoms with Crippen LogP contribution in [0.2, 0.25) is 0 Å². The van der Waals surface area contributed by atoms with Gasteiger partial charge in [0.1, 0.15) is 0 Å². The second-order valence-corrected chi connectivity index (χ2v) is 3.69. The van der Waals surface area contributed by atoms with E-state index in [9.17, 15) is 9.59 Å². The van der Waals surface area contributed by atoms with Crippen LogP contribution in [0.1, 0.15) is 29.6 Å². The first-order valence-electron chi connectivity index (χ1n) is 5.62. The van der Waals surface area contributed by atoms with Gasteiger partial charge in [-0.3, -0.25) is 14.9 Å². The average Bonchev–Trinajstić information content (AvgIpc) is 2.36. The van der Waals surface area contributed by atoms with Gasteiger partial charge < -0.3 is 4.74 Å². The van der Waals surface area contributed by atoms with Crippen LogP contribution in [0.4, 0.5) is 0 Å². The lowest BCUT2D eigenvalue weighted by atomic mass is 10.2. The molecule has 0 aromatic heterocycles. The Hall–Kier alpha value is -1.68. The number of methoxy groups -OCH3 is 1. The molecule has 1 N–H and O–H groups in total. The molecule has 92 valence electrons. The van der Waals surface area contributed by atoms with Gasteiger partial charge in [-0.25, -0.2) is 0 Å². The minimum Gasteiger partial charge on any atom is -0.385 e. The fraction of sp³-hybridized carbons (Fsp3) is 0.385. The number of unbranched alkanes of at least 4 members (excludes halogenated alkanes) is 1. The first-order chi connectivity index (χ1) is 8.24. The van der Waals surface area contributed by atoms with Crippen molar-refractivity contribution >= 4 is 11.8 Å². The Morgan fingerprint density at radius 3 is 2.53 bits per heavy atom. The van der Waals surface area contributed by atoms with Gasteiger partial charge in [0, 0.05) is 25.7 Å². The predicted octanol–water partition coefficient (Wildman–Crippen LogP) is 1.76. The van der Waals surface area contributed by atoms with E-state index in [2.05, 4.69) is 5.32 Å². The number of amides is 2. The van der Waals surface area contributed by atoms with Crippen LogP contribution < -0.4 is 5.32 Å². The van der Waals surface area contributed by atoms with Crippen molar-refractivity contribution in [1.82, 2.24) is 5.32 Å². The van der Waals surface area contributed by atoms with Crippen molar-refractivity contribution in [2.75, 3.05) is 13.7 Å². The Balaban J connectivity index is 2.29. The molecule has 0 saturated carbocycles. The van der Waals surface area contributed by atoms with E-state index in [1.807, 2.05) is 6.07 Å². The summed E-state index contributed by atoms with van der Waals surface area (Å²) in [5.41, 5.74) is 0.498. The Labute approximate surface area is 101 Å². The number of rotatable bonds is 6. The van der Waals surface area contributed by atoms with Crippen molar-refractivity contribution in [2.24, 2.45) is 0 Å². The molecule has 0 aliphatic carbocycles. The van der Waals surface area contributed by atoms with E-state index in [0.29, 0.717) is 18.6 Å². The van der Waals surface area contributed by atoms with E-state index in [-0.39, 0.29) is 11.8 Å². The van der Waals surface area contributed by atoms with Gasteiger partial charge in [0.25, 0.3) is 5.91 Å². The maximum Gasteiger partial charge on any atom is 0.257 e. The van der Waals surface area contributed by atoms with Crippen molar-refractivity contribution in [3.8, 4) is 0 Å². The molecule has 2 amide bonds. The van der Waals surface area contributed by atoms with E-state index >= 15 is 0 Å². The lowest BCUT2D eigenvalue weighted by Crippen LogP contribution is -2.30. The number of hydrogen-bond donors (Lipinski definition) is 1.